The first kappa shape index (κ1) is 61.7. The Labute approximate surface area is 391 Å². The van der Waals surface area contributed by atoms with Gasteiger partial charge >= 0.3 is 7.82 Å². The lowest BCUT2D eigenvalue weighted by atomic mass is 10.0. The smallest absolute Gasteiger partial charge is 0.391 e. The number of hydrogen-bond donors (Lipinski definition) is 3. The van der Waals surface area contributed by atoms with Crippen molar-refractivity contribution in [1.82, 2.24) is 5.32 Å². The second-order valence-electron chi connectivity index (χ2n) is 19.6. The largest absolute Gasteiger partial charge is 0.472 e. The summed E-state index contributed by atoms with van der Waals surface area (Å²) in [6.45, 7) is 4.85. The Balaban J connectivity index is 3.89. The van der Waals surface area contributed by atoms with Crippen molar-refractivity contribution in [2.24, 2.45) is 0 Å². The first-order valence-corrected chi connectivity index (χ1v) is 28.3. The summed E-state index contributed by atoms with van der Waals surface area (Å²) < 4.78 is 23.6. The molecule has 0 fully saturated rings. The van der Waals surface area contributed by atoms with Crippen LogP contribution in [0.4, 0.5) is 0 Å². The van der Waals surface area contributed by atoms with E-state index < -0.39 is 20.0 Å². The first-order valence-electron chi connectivity index (χ1n) is 26.9. The molecule has 0 saturated carbocycles. The summed E-state index contributed by atoms with van der Waals surface area (Å²) in [5, 5.41) is 13.9. The van der Waals surface area contributed by atoms with E-state index in [0.29, 0.717) is 23.9 Å². The second kappa shape index (κ2) is 45.9. The van der Waals surface area contributed by atoms with Crippen LogP contribution in [0.1, 0.15) is 251 Å². The van der Waals surface area contributed by atoms with Gasteiger partial charge in [-0.1, -0.05) is 230 Å². The Morgan fingerprint density at radius 1 is 0.540 bits per heavy atom. The second-order valence-corrected chi connectivity index (χ2v) is 21.1. The average molecular weight is 910 g/mol. The van der Waals surface area contributed by atoms with Gasteiger partial charge < -0.3 is 19.8 Å². The highest BCUT2D eigenvalue weighted by atomic mass is 31.2. The Morgan fingerprint density at radius 2 is 0.905 bits per heavy atom. The number of aliphatic hydroxyl groups excluding tert-OH is 1. The first-order chi connectivity index (χ1) is 30.5. The Bertz CT molecular complexity index is 1120. The van der Waals surface area contributed by atoms with Crippen molar-refractivity contribution in [3.05, 3.63) is 36.5 Å². The number of aliphatic hydroxyl groups is 1. The summed E-state index contributed by atoms with van der Waals surface area (Å²) in [5.74, 6) is -0.145. The van der Waals surface area contributed by atoms with E-state index in [4.69, 9.17) is 9.05 Å². The summed E-state index contributed by atoms with van der Waals surface area (Å²) in [7, 11) is 1.62. The number of unbranched alkanes of at least 4 members (excludes halogenated alkanes) is 30. The van der Waals surface area contributed by atoms with Gasteiger partial charge in [0.2, 0.25) is 5.91 Å². The van der Waals surface area contributed by atoms with Crippen molar-refractivity contribution in [1.29, 1.82) is 0 Å². The van der Waals surface area contributed by atoms with Crippen LogP contribution in [0.25, 0.3) is 0 Å². The molecule has 0 bridgehead atoms. The molecule has 8 nitrogen and oxygen atoms in total. The fourth-order valence-electron chi connectivity index (χ4n) is 7.88. The summed E-state index contributed by atoms with van der Waals surface area (Å²) in [6, 6.07) is -0.756. The van der Waals surface area contributed by atoms with E-state index in [0.717, 1.165) is 51.4 Å². The quantitative estimate of drug-likeness (QED) is 0.0243. The van der Waals surface area contributed by atoms with Gasteiger partial charge in [-0.15, -0.1) is 0 Å². The number of hydrogen-bond acceptors (Lipinski definition) is 5. The number of carbonyl (C=O) groups is 1. The lowest BCUT2D eigenvalue weighted by Gasteiger charge is -2.26. The number of nitrogens with zero attached hydrogens (tertiary/aromatic N) is 1. The number of carbonyl (C=O) groups excluding carboxylic acids is 1. The molecule has 0 aliphatic heterocycles. The van der Waals surface area contributed by atoms with Crippen LogP contribution in [-0.4, -0.2) is 73.4 Å². The number of nitrogens with one attached hydrogen (secondary N) is 1. The molecule has 0 aromatic carbocycles. The molecule has 0 rings (SSSR count). The number of rotatable bonds is 49. The monoisotopic (exact) mass is 910 g/mol. The molecule has 0 aliphatic rings. The van der Waals surface area contributed by atoms with Gasteiger partial charge in [0.05, 0.1) is 39.9 Å². The van der Waals surface area contributed by atoms with Crippen LogP contribution in [0, 0.1) is 0 Å². The van der Waals surface area contributed by atoms with Gasteiger partial charge in [-0.25, -0.2) is 4.57 Å². The fraction of sp³-hybridized carbons (Fsp3) is 0.870. The van der Waals surface area contributed by atoms with Crippen LogP contribution >= 0.6 is 7.82 Å². The van der Waals surface area contributed by atoms with Crippen molar-refractivity contribution in [3.8, 4) is 0 Å². The number of allylic oxidation sites excluding steroid dienone is 6. The standard InChI is InChI=1S/C54H105N2O6P/c1-6-8-10-12-14-16-17-18-19-20-21-22-23-24-25-26-27-28-29-30-31-32-33-34-35-36-37-38-39-40-42-44-46-48-54(58)55-52(51-62-63(59,60)61-50-49-56(3,4)5)53(57)47-45-43-41-15-13-11-9-7-2/h17-18,20-21,23-24,52-53,57H,6-16,19,22,25-51H2,1-5H3,(H-,55,58,59,60)/p+1/b18-17-,21-20-,24-23-. The molecule has 0 radical (unpaired) electrons. The van der Waals surface area contributed by atoms with Gasteiger partial charge in [-0.3, -0.25) is 13.8 Å². The van der Waals surface area contributed by atoms with E-state index in [1.807, 2.05) is 21.1 Å². The van der Waals surface area contributed by atoms with Gasteiger partial charge in [0.1, 0.15) is 13.2 Å². The number of likely N-dealkylation sites (N-methyl/N-ethyl adjacent to an activating group) is 1. The highest BCUT2D eigenvalue weighted by Crippen LogP contribution is 2.43. The van der Waals surface area contributed by atoms with Crippen LogP contribution in [0.15, 0.2) is 36.5 Å². The third-order valence-electron chi connectivity index (χ3n) is 12.1. The van der Waals surface area contributed by atoms with Crippen molar-refractivity contribution < 1.29 is 32.9 Å². The molecule has 9 heteroatoms. The Kier molecular flexibility index (Phi) is 44.9. The molecular weight excluding hydrogens is 804 g/mol. The lowest BCUT2D eigenvalue weighted by molar-refractivity contribution is -0.870. The lowest BCUT2D eigenvalue weighted by Crippen LogP contribution is -2.46. The van der Waals surface area contributed by atoms with E-state index in [2.05, 4.69) is 55.6 Å². The van der Waals surface area contributed by atoms with Gasteiger partial charge in [0.15, 0.2) is 0 Å². The zero-order valence-corrected chi connectivity index (χ0v) is 43.2. The molecule has 0 aromatic rings. The number of quaternary nitrogens is 1. The van der Waals surface area contributed by atoms with Gasteiger partial charge in [-0.2, -0.15) is 0 Å². The highest BCUT2D eigenvalue weighted by Gasteiger charge is 2.28. The zero-order valence-electron chi connectivity index (χ0n) is 42.3. The summed E-state index contributed by atoms with van der Waals surface area (Å²) >= 11 is 0. The molecule has 0 spiro atoms. The van der Waals surface area contributed by atoms with Crippen LogP contribution in [0.2, 0.25) is 0 Å². The fourth-order valence-corrected chi connectivity index (χ4v) is 8.61. The summed E-state index contributed by atoms with van der Waals surface area (Å²) in [4.78, 5) is 23.1. The summed E-state index contributed by atoms with van der Waals surface area (Å²) in [5.41, 5.74) is 0. The van der Waals surface area contributed by atoms with E-state index in [9.17, 15) is 19.4 Å². The molecule has 0 saturated heterocycles. The predicted octanol–water partition coefficient (Wildman–Crippen LogP) is 15.8. The maximum atomic E-state index is 12.9. The van der Waals surface area contributed by atoms with Crippen LogP contribution in [0.5, 0.6) is 0 Å². The molecule has 0 aromatic heterocycles. The molecule has 3 atom stereocenters. The van der Waals surface area contributed by atoms with Crippen molar-refractivity contribution in [3.63, 3.8) is 0 Å². The van der Waals surface area contributed by atoms with E-state index in [-0.39, 0.29) is 19.1 Å². The van der Waals surface area contributed by atoms with Gasteiger partial charge in [-0.05, 0) is 51.4 Å². The van der Waals surface area contributed by atoms with Crippen molar-refractivity contribution >= 4 is 13.7 Å². The average Bonchev–Trinajstić information content (AvgIpc) is 3.24. The number of phosphoric ester groups is 1. The summed E-state index contributed by atoms with van der Waals surface area (Å²) in [6.07, 6.45) is 57.9. The third kappa shape index (κ3) is 48.5. The normalized spacial score (nSPS) is 14.3. The van der Waals surface area contributed by atoms with Gasteiger partial charge in [0.25, 0.3) is 0 Å². The van der Waals surface area contributed by atoms with Gasteiger partial charge in [0, 0.05) is 6.42 Å². The molecule has 3 unspecified atom stereocenters. The van der Waals surface area contributed by atoms with E-state index >= 15 is 0 Å². The molecule has 3 N–H and O–H groups in total. The predicted molar refractivity (Wildman–Crippen MR) is 272 cm³/mol. The number of amides is 1. The maximum absolute atomic E-state index is 12.9. The van der Waals surface area contributed by atoms with Crippen molar-refractivity contribution in [2.45, 2.75) is 264 Å². The topological polar surface area (TPSA) is 105 Å². The minimum Gasteiger partial charge on any atom is -0.391 e. The number of phosphoric acid groups is 1. The Morgan fingerprint density at radius 3 is 1.32 bits per heavy atom. The minimum absolute atomic E-state index is 0.0753. The third-order valence-corrected chi connectivity index (χ3v) is 13.1. The molecular formula is C54H106N2O6P+. The zero-order chi connectivity index (χ0) is 46.4. The maximum Gasteiger partial charge on any atom is 0.472 e. The van der Waals surface area contributed by atoms with E-state index in [1.165, 1.54) is 173 Å². The Hall–Kier alpha value is -1.28. The molecule has 1 amide bonds. The van der Waals surface area contributed by atoms with Crippen LogP contribution in [0.3, 0.4) is 0 Å². The van der Waals surface area contributed by atoms with Crippen LogP contribution in [-0.2, 0) is 18.4 Å². The molecule has 372 valence electrons. The van der Waals surface area contributed by atoms with E-state index in [1.54, 1.807) is 0 Å². The molecule has 63 heavy (non-hydrogen) atoms. The molecule has 0 aliphatic carbocycles. The van der Waals surface area contributed by atoms with Crippen molar-refractivity contribution in [2.75, 3.05) is 40.9 Å². The minimum atomic E-state index is -4.31. The highest BCUT2D eigenvalue weighted by molar-refractivity contribution is 7.47. The van der Waals surface area contributed by atoms with Crippen LogP contribution < -0.4 is 5.32 Å². The molecule has 0 heterocycles. The SMILES string of the molecule is CCCCCCC/C=C\C/C=C\C/C=C\CCCCCCCCCCCCCCCCCCCCC(=O)NC(COP(=O)(O)OCC[N+](C)(C)C)C(O)CCCCCCCCCC.